The third-order valence-corrected chi connectivity index (χ3v) is 3.79. The first-order chi connectivity index (χ1) is 9.26. The van der Waals surface area contributed by atoms with Crippen LogP contribution in [0.4, 0.5) is 8.78 Å². The predicted molar refractivity (Wildman–Crippen MR) is 73.6 cm³/mol. The standard InChI is InChI=1S/C15H21F2NO2/c1-5-18(6-2)15(4,9-14(19)20)11-8-12(16)10(3)7-13(11)17/h7-8H,5-6,9H2,1-4H3,(H,19,20). The minimum Gasteiger partial charge on any atom is -0.481 e. The van der Waals surface area contributed by atoms with Crippen molar-refractivity contribution >= 4 is 5.97 Å². The van der Waals surface area contributed by atoms with Gasteiger partial charge in [-0.1, -0.05) is 13.8 Å². The van der Waals surface area contributed by atoms with Crippen LogP contribution in [0.3, 0.4) is 0 Å². The van der Waals surface area contributed by atoms with Gasteiger partial charge in [0.1, 0.15) is 11.6 Å². The Kier molecular flexibility index (Phi) is 5.22. The van der Waals surface area contributed by atoms with Crippen LogP contribution >= 0.6 is 0 Å². The van der Waals surface area contributed by atoms with Gasteiger partial charge in [-0.05, 0) is 44.6 Å². The van der Waals surface area contributed by atoms with Crippen molar-refractivity contribution in [2.75, 3.05) is 13.1 Å². The van der Waals surface area contributed by atoms with E-state index in [0.29, 0.717) is 13.1 Å². The van der Waals surface area contributed by atoms with Crippen molar-refractivity contribution in [1.29, 1.82) is 0 Å². The lowest BCUT2D eigenvalue weighted by Gasteiger charge is -2.40. The molecule has 1 unspecified atom stereocenters. The Morgan fingerprint density at radius 1 is 1.25 bits per heavy atom. The van der Waals surface area contributed by atoms with Crippen LogP contribution < -0.4 is 0 Å². The number of hydrogen-bond acceptors (Lipinski definition) is 2. The van der Waals surface area contributed by atoms with Crippen molar-refractivity contribution in [3.63, 3.8) is 0 Å². The molecule has 1 aromatic carbocycles. The van der Waals surface area contributed by atoms with Gasteiger partial charge in [-0.15, -0.1) is 0 Å². The summed E-state index contributed by atoms with van der Waals surface area (Å²) in [7, 11) is 0. The van der Waals surface area contributed by atoms with Gasteiger partial charge in [0, 0.05) is 5.56 Å². The van der Waals surface area contributed by atoms with Crippen LogP contribution in [0.1, 0.15) is 38.3 Å². The lowest BCUT2D eigenvalue weighted by atomic mass is 9.85. The first-order valence-electron chi connectivity index (χ1n) is 6.69. The molecule has 0 radical (unpaired) electrons. The predicted octanol–water partition coefficient (Wildman–Crippen LogP) is 3.30. The zero-order valence-corrected chi connectivity index (χ0v) is 12.3. The molecule has 0 aliphatic heterocycles. The van der Waals surface area contributed by atoms with Crippen LogP contribution in [0.25, 0.3) is 0 Å². The number of hydrogen-bond donors (Lipinski definition) is 1. The number of halogens is 2. The van der Waals surface area contributed by atoms with E-state index in [0.717, 1.165) is 12.1 Å². The summed E-state index contributed by atoms with van der Waals surface area (Å²) in [5.41, 5.74) is -0.774. The van der Waals surface area contributed by atoms with E-state index in [-0.39, 0.29) is 17.5 Å². The molecule has 0 aliphatic rings. The Bertz CT molecular complexity index is 501. The summed E-state index contributed by atoms with van der Waals surface area (Å²) in [4.78, 5) is 13.0. The molecule has 1 rings (SSSR count). The molecule has 1 atom stereocenters. The highest BCUT2D eigenvalue weighted by molar-refractivity contribution is 5.69. The van der Waals surface area contributed by atoms with Crippen LogP contribution in [0.5, 0.6) is 0 Å². The third-order valence-electron chi connectivity index (χ3n) is 3.79. The van der Waals surface area contributed by atoms with E-state index < -0.39 is 23.1 Å². The fourth-order valence-electron chi connectivity index (χ4n) is 2.65. The minimum atomic E-state index is -1.08. The summed E-state index contributed by atoms with van der Waals surface area (Å²) in [6, 6.07) is 2.24. The average molecular weight is 285 g/mol. The number of carboxylic acid groups (broad SMARTS) is 1. The second-order valence-electron chi connectivity index (χ2n) is 5.10. The zero-order valence-electron chi connectivity index (χ0n) is 12.3. The highest BCUT2D eigenvalue weighted by Gasteiger charge is 2.37. The van der Waals surface area contributed by atoms with E-state index in [2.05, 4.69) is 0 Å². The molecule has 3 nitrogen and oxygen atoms in total. The maximum Gasteiger partial charge on any atom is 0.305 e. The summed E-state index contributed by atoms with van der Waals surface area (Å²) >= 11 is 0. The van der Waals surface area contributed by atoms with Crippen molar-refractivity contribution in [1.82, 2.24) is 4.90 Å². The molecule has 0 fully saturated rings. The highest BCUT2D eigenvalue weighted by Crippen LogP contribution is 2.34. The smallest absolute Gasteiger partial charge is 0.305 e. The summed E-state index contributed by atoms with van der Waals surface area (Å²) in [6.07, 6.45) is -0.284. The van der Waals surface area contributed by atoms with Gasteiger partial charge in [0.25, 0.3) is 0 Å². The molecule has 112 valence electrons. The fourth-order valence-corrected chi connectivity index (χ4v) is 2.65. The Balaban J connectivity index is 3.44. The van der Waals surface area contributed by atoms with Crippen molar-refractivity contribution in [2.45, 2.75) is 39.7 Å². The second kappa shape index (κ2) is 6.31. The number of rotatable bonds is 6. The average Bonchev–Trinajstić information content (AvgIpc) is 2.34. The van der Waals surface area contributed by atoms with Gasteiger partial charge in [-0.25, -0.2) is 8.78 Å². The number of aliphatic carboxylic acids is 1. The van der Waals surface area contributed by atoms with E-state index in [1.165, 1.54) is 6.92 Å². The summed E-state index contributed by atoms with van der Waals surface area (Å²) in [5, 5.41) is 9.12. The van der Waals surface area contributed by atoms with Crippen LogP contribution in [-0.4, -0.2) is 29.1 Å². The van der Waals surface area contributed by atoms with Crippen molar-refractivity contribution in [3.8, 4) is 0 Å². The molecule has 0 bridgehead atoms. The first kappa shape index (κ1) is 16.6. The zero-order chi connectivity index (χ0) is 15.5. The summed E-state index contributed by atoms with van der Waals surface area (Å²) in [5.74, 6) is -2.13. The van der Waals surface area contributed by atoms with Crippen LogP contribution in [0, 0.1) is 18.6 Å². The molecule has 0 amide bonds. The van der Waals surface area contributed by atoms with Crippen LogP contribution in [0.15, 0.2) is 12.1 Å². The monoisotopic (exact) mass is 285 g/mol. The lowest BCUT2D eigenvalue weighted by molar-refractivity contribution is -0.140. The van der Waals surface area contributed by atoms with E-state index in [9.17, 15) is 13.6 Å². The van der Waals surface area contributed by atoms with Gasteiger partial charge in [0.2, 0.25) is 0 Å². The Morgan fingerprint density at radius 3 is 2.25 bits per heavy atom. The number of aryl methyl sites for hydroxylation is 1. The van der Waals surface area contributed by atoms with Gasteiger partial charge < -0.3 is 5.11 Å². The first-order valence-corrected chi connectivity index (χ1v) is 6.69. The summed E-state index contributed by atoms with van der Waals surface area (Å²) in [6.45, 7) is 7.96. The normalized spacial score (nSPS) is 14.3. The lowest BCUT2D eigenvalue weighted by Crippen LogP contribution is -2.46. The van der Waals surface area contributed by atoms with E-state index >= 15 is 0 Å². The molecule has 20 heavy (non-hydrogen) atoms. The molecule has 0 aromatic heterocycles. The number of benzene rings is 1. The molecule has 0 aliphatic carbocycles. The molecule has 0 saturated carbocycles. The van der Waals surface area contributed by atoms with Crippen molar-refractivity contribution < 1.29 is 18.7 Å². The number of carboxylic acids is 1. The van der Waals surface area contributed by atoms with E-state index in [1.54, 1.807) is 6.92 Å². The quantitative estimate of drug-likeness (QED) is 0.871. The third kappa shape index (κ3) is 3.15. The van der Waals surface area contributed by atoms with Crippen molar-refractivity contribution in [3.05, 3.63) is 34.9 Å². The highest BCUT2D eigenvalue weighted by atomic mass is 19.1. The fraction of sp³-hybridized carbons (Fsp3) is 0.533. The van der Waals surface area contributed by atoms with E-state index in [1.807, 2.05) is 18.7 Å². The largest absolute Gasteiger partial charge is 0.481 e. The van der Waals surface area contributed by atoms with Gasteiger partial charge >= 0.3 is 5.97 Å². The van der Waals surface area contributed by atoms with Gasteiger partial charge in [0.05, 0.1) is 12.0 Å². The number of carbonyl (C=O) groups is 1. The van der Waals surface area contributed by atoms with Gasteiger partial charge in [0.15, 0.2) is 0 Å². The van der Waals surface area contributed by atoms with Crippen molar-refractivity contribution in [2.24, 2.45) is 0 Å². The van der Waals surface area contributed by atoms with Gasteiger partial charge in [-0.3, -0.25) is 9.69 Å². The molecule has 1 aromatic rings. The molecular formula is C15H21F2NO2. The minimum absolute atomic E-state index is 0.0895. The molecule has 0 saturated heterocycles. The second-order valence-corrected chi connectivity index (χ2v) is 5.10. The van der Waals surface area contributed by atoms with E-state index in [4.69, 9.17) is 5.11 Å². The topological polar surface area (TPSA) is 40.5 Å². The van der Waals surface area contributed by atoms with Crippen LogP contribution in [-0.2, 0) is 10.3 Å². The molecular weight excluding hydrogens is 264 g/mol. The molecule has 0 spiro atoms. The molecule has 1 N–H and O–H groups in total. The molecule has 5 heteroatoms. The number of nitrogens with zero attached hydrogens (tertiary/aromatic N) is 1. The molecule has 0 heterocycles. The summed E-state index contributed by atoms with van der Waals surface area (Å²) < 4.78 is 28.0. The Morgan fingerprint density at radius 2 is 1.80 bits per heavy atom. The maximum absolute atomic E-state index is 14.2. The Hall–Kier alpha value is -1.49. The Labute approximate surface area is 118 Å². The van der Waals surface area contributed by atoms with Crippen LogP contribution in [0.2, 0.25) is 0 Å². The SMILES string of the molecule is CCN(CC)C(C)(CC(=O)O)c1cc(F)c(C)cc1F. The van der Waals surface area contributed by atoms with Gasteiger partial charge in [-0.2, -0.15) is 0 Å². The maximum atomic E-state index is 14.2.